The van der Waals surface area contributed by atoms with Gasteiger partial charge in [-0.2, -0.15) is 0 Å². The van der Waals surface area contributed by atoms with E-state index in [-0.39, 0.29) is 5.01 Å². The average molecular weight is 222 g/mol. The van der Waals surface area contributed by atoms with E-state index in [9.17, 15) is 0 Å². The highest BCUT2D eigenvalue weighted by Gasteiger charge is 2.26. The SMILES string of the molecule is CCCC1C(Br)OCCN1C. The molecule has 2 unspecified atom stereocenters. The predicted octanol–water partition coefficient (Wildman–Crippen LogP) is 1.84. The van der Waals surface area contributed by atoms with E-state index >= 15 is 0 Å². The number of halogens is 1. The molecule has 1 rings (SSSR count). The molecular formula is C8H16BrNO. The summed E-state index contributed by atoms with van der Waals surface area (Å²) in [7, 11) is 2.16. The van der Waals surface area contributed by atoms with E-state index in [0.29, 0.717) is 6.04 Å². The van der Waals surface area contributed by atoms with E-state index in [1.807, 2.05) is 0 Å². The van der Waals surface area contributed by atoms with Crippen LogP contribution in [0.3, 0.4) is 0 Å². The van der Waals surface area contributed by atoms with Crippen LogP contribution in [-0.4, -0.2) is 36.2 Å². The van der Waals surface area contributed by atoms with Crippen molar-refractivity contribution in [3.8, 4) is 0 Å². The normalized spacial score (nSPS) is 34.1. The fraction of sp³-hybridized carbons (Fsp3) is 1.00. The molecule has 66 valence electrons. The quantitative estimate of drug-likeness (QED) is 0.661. The number of morpholine rings is 1. The van der Waals surface area contributed by atoms with E-state index in [0.717, 1.165) is 13.2 Å². The molecule has 2 atom stereocenters. The maximum Gasteiger partial charge on any atom is 0.127 e. The summed E-state index contributed by atoms with van der Waals surface area (Å²) in [4.78, 5) is 2.37. The molecule has 0 radical (unpaired) electrons. The molecule has 0 aromatic heterocycles. The molecule has 1 fully saturated rings. The third-order valence-corrected chi connectivity index (χ3v) is 3.05. The van der Waals surface area contributed by atoms with Crippen molar-refractivity contribution < 1.29 is 4.74 Å². The number of rotatable bonds is 2. The minimum absolute atomic E-state index is 0.237. The van der Waals surface area contributed by atoms with Crippen LogP contribution in [0, 0.1) is 0 Å². The van der Waals surface area contributed by atoms with Gasteiger partial charge in [-0.3, -0.25) is 4.90 Å². The first kappa shape index (κ1) is 9.49. The van der Waals surface area contributed by atoms with E-state index in [4.69, 9.17) is 4.74 Å². The first-order valence-electron chi connectivity index (χ1n) is 4.21. The highest BCUT2D eigenvalue weighted by Crippen LogP contribution is 2.21. The molecule has 0 bridgehead atoms. The first-order chi connectivity index (χ1) is 5.25. The minimum atomic E-state index is 0.237. The van der Waals surface area contributed by atoms with Crippen molar-refractivity contribution in [3.05, 3.63) is 0 Å². The summed E-state index contributed by atoms with van der Waals surface area (Å²) in [6.45, 7) is 4.13. The predicted molar refractivity (Wildman–Crippen MR) is 50.0 cm³/mol. The van der Waals surface area contributed by atoms with Crippen LogP contribution in [-0.2, 0) is 4.74 Å². The van der Waals surface area contributed by atoms with Crippen LogP contribution in [0.15, 0.2) is 0 Å². The highest BCUT2D eigenvalue weighted by molar-refractivity contribution is 9.09. The lowest BCUT2D eigenvalue weighted by Crippen LogP contribution is -2.46. The summed E-state index contributed by atoms with van der Waals surface area (Å²) >= 11 is 3.53. The molecule has 1 aliphatic heterocycles. The summed E-state index contributed by atoms with van der Waals surface area (Å²) < 4.78 is 5.49. The van der Waals surface area contributed by atoms with Crippen LogP contribution in [0.25, 0.3) is 0 Å². The second kappa shape index (κ2) is 4.43. The lowest BCUT2D eigenvalue weighted by atomic mass is 10.1. The molecule has 1 aliphatic rings. The molecule has 0 aliphatic carbocycles. The van der Waals surface area contributed by atoms with Gasteiger partial charge in [-0.05, 0) is 13.5 Å². The van der Waals surface area contributed by atoms with Crippen molar-refractivity contribution in [2.24, 2.45) is 0 Å². The van der Waals surface area contributed by atoms with Gasteiger partial charge in [0.1, 0.15) is 5.01 Å². The van der Waals surface area contributed by atoms with E-state index in [1.54, 1.807) is 0 Å². The third-order valence-electron chi connectivity index (χ3n) is 2.17. The fourth-order valence-corrected chi connectivity index (χ4v) is 2.29. The number of hydrogen-bond donors (Lipinski definition) is 0. The van der Waals surface area contributed by atoms with Crippen LogP contribution in [0.1, 0.15) is 19.8 Å². The molecule has 0 aromatic rings. The smallest absolute Gasteiger partial charge is 0.127 e. The number of ether oxygens (including phenoxy) is 1. The summed E-state index contributed by atoms with van der Waals surface area (Å²) in [6.07, 6.45) is 2.44. The Balaban J connectivity index is 2.41. The van der Waals surface area contributed by atoms with Gasteiger partial charge in [-0.1, -0.05) is 29.3 Å². The first-order valence-corrected chi connectivity index (χ1v) is 5.13. The Labute approximate surface area is 77.0 Å². The lowest BCUT2D eigenvalue weighted by Gasteiger charge is -2.36. The zero-order valence-corrected chi connectivity index (χ0v) is 8.80. The molecule has 0 N–H and O–H groups in total. The third kappa shape index (κ3) is 2.42. The van der Waals surface area contributed by atoms with Crippen LogP contribution in [0.4, 0.5) is 0 Å². The number of alkyl halides is 1. The summed E-state index contributed by atoms with van der Waals surface area (Å²) in [6, 6.07) is 0.564. The largest absolute Gasteiger partial charge is 0.364 e. The lowest BCUT2D eigenvalue weighted by molar-refractivity contribution is -0.0139. The standard InChI is InChI=1S/C8H16BrNO/c1-3-4-7-8(9)11-6-5-10(7)2/h7-8H,3-6H2,1-2H3. The van der Waals surface area contributed by atoms with Crippen molar-refractivity contribution >= 4 is 15.9 Å². The Morgan fingerprint density at radius 2 is 2.36 bits per heavy atom. The fourth-order valence-electron chi connectivity index (χ4n) is 1.43. The zero-order chi connectivity index (χ0) is 8.27. The Hall–Kier alpha value is 0.400. The highest BCUT2D eigenvalue weighted by atomic mass is 79.9. The van der Waals surface area contributed by atoms with Gasteiger partial charge < -0.3 is 4.74 Å². The van der Waals surface area contributed by atoms with Crippen LogP contribution < -0.4 is 0 Å². The zero-order valence-electron chi connectivity index (χ0n) is 7.22. The minimum Gasteiger partial charge on any atom is -0.364 e. The Morgan fingerprint density at radius 1 is 1.64 bits per heavy atom. The summed E-state index contributed by atoms with van der Waals surface area (Å²) in [5.41, 5.74) is 0. The molecule has 0 amide bonds. The average Bonchev–Trinajstić information content (AvgIpc) is 1.97. The monoisotopic (exact) mass is 221 g/mol. The van der Waals surface area contributed by atoms with E-state index in [2.05, 4.69) is 34.8 Å². The van der Waals surface area contributed by atoms with Gasteiger partial charge in [0.15, 0.2) is 0 Å². The summed E-state index contributed by atoms with van der Waals surface area (Å²) in [5, 5.41) is 0.237. The Morgan fingerprint density at radius 3 is 2.91 bits per heavy atom. The van der Waals surface area contributed by atoms with Crippen molar-refractivity contribution in [2.75, 3.05) is 20.2 Å². The van der Waals surface area contributed by atoms with Crippen LogP contribution in [0.5, 0.6) is 0 Å². The van der Waals surface area contributed by atoms with E-state index in [1.165, 1.54) is 12.8 Å². The van der Waals surface area contributed by atoms with Crippen molar-refractivity contribution in [2.45, 2.75) is 30.8 Å². The van der Waals surface area contributed by atoms with Crippen molar-refractivity contribution in [1.82, 2.24) is 4.90 Å². The second-order valence-electron chi connectivity index (χ2n) is 3.06. The van der Waals surface area contributed by atoms with E-state index < -0.39 is 0 Å². The van der Waals surface area contributed by atoms with Gasteiger partial charge in [-0.15, -0.1) is 0 Å². The molecule has 1 saturated heterocycles. The molecule has 1 heterocycles. The topological polar surface area (TPSA) is 12.5 Å². The molecule has 0 saturated carbocycles. The number of hydrogen-bond acceptors (Lipinski definition) is 2. The summed E-state index contributed by atoms with van der Waals surface area (Å²) in [5.74, 6) is 0. The molecule has 2 nitrogen and oxygen atoms in total. The maximum atomic E-state index is 5.49. The Kier molecular flexibility index (Phi) is 3.82. The van der Waals surface area contributed by atoms with Crippen molar-refractivity contribution in [3.63, 3.8) is 0 Å². The van der Waals surface area contributed by atoms with Gasteiger partial charge in [0, 0.05) is 12.6 Å². The van der Waals surface area contributed by atoms with Gasteiger partial charge in [0.25, 0.3) is 0 Å². The number of nitrogens with zero attached hydrogens (tertiary/aromatic N) is 1. The molecule has 11 heavy (non-hydrogen) atoms. The molecule has 3 heteroatoms. The van der Waals surface area contributed by atoms with Gasteiger partial charge in [0.05, 0.1) is 6.61 Å². The second-order valence-corrected chi connectivity index (χ2v) is 3.96. The van der Waals surface area contributed by atoms with Gasteiger partial charge in [-0.25, -0.2) is 0 Å². The molecule has 0 spiro atoms. The van der Waals surface area contributed by atoms with Gasteiger partial charge in [0.2, 0.25) is 0 Å². The maximum absolute atomic E-state index is 5.49. The van der Waals surface area contributed by atoms with Crippen LogP contribution >= 0.6 is 15.9 Å². The van der Waals surface area contributed by atoms with Crippen LogP contribution in [0.2, 0.25) is 0 Å². The van der Waals surface area contributed by atoms with Gasteiger partial charge >= 0.3 is 0 Å². The Bertz CT molecular complexity index is 111. The molecule has 0 aromatic carbocycles. The van der Waals surface area contributed by atoms with Crippen molar-refractivity contribution in [1.29, 1.82) is 0 Å². The number of likely N-dealkylation sites (N-methyl/N-ethyl adjacent to an activating group) is 1. The molecular weight excluding hydrogens is 206 g/mol.